The molecule has 0 saturated carbocycles. The standard InChI is InChI=1S/C17H21ClN2O3S/c1-12(9-10-19)17-23-16-11-13(18)7-8-15(16)20(24(17,21)22)14-5-3-2-4-6-14/h2-8,11-12,17,21-22H,9-10,19H2,1H3. The smallest absolute Gasteiger partial charge is 0.209 e. The molecule has 24 heavy (non-hydrogen) atoms. The fraction of sp³-hybridized carbons (Fsp3) is 0.294. The normalized spacial score (nSPS) is 21.5. The summed E-state index contributed by atoms with van der Waals surface area (Å²) in [4.78, 5) is 0. The van der Waals surface area contributed by atoms with Gasteiger partial charge in [0.15, 0.2) is 0 Å². The SMILES string of the molecule is CC(CCN)C1Oc2cc(Cl)ccc2N(c2ccccc2)S1(O)O. The van der Waals surface area contributed by atoms with Crippen LogP contribution in [0.25, 0.3) is 0 Å². The van der Waals surface area contributed by atoms with Gasteiger partial charge in [-0.25, -0.2) is 4.31 Å². The Morgan fingerprint density at radius 2 is 1.96 bits per heavy atom. The lowest BCUT2D eigenvalue weighted by molar-refractivity contribution is 0.189. The van der Waals surface area contributed by atoms with E-state index in [-0.39, 0.29) is 5.92 Å². The third-order valence-electron chi connectivity index (χ3n) is 4.04. The molecule has 0 spiro atoms. The molecule has 1 aliphatic rings. The van der Waals surface area contributed by atoms with Gasteiger partial charge in [0.2, 0.25) is 5.44 Å². The summed E-state index contributed by atoms with van der Waals surface area (Å²) >= 11 is 6.09. The Bertz CT molecular complexity index is 714. The molecule has 2 atom stereocenters. The largest absolute Gasteiger partial charge is 0.466 e. The number of benzene rings is 2. The summed E-state index contributed by atoms with van der Waals surface area (Å²) in [5.41, 5.74) is 6.13. The molecule has 0 aliphatic carbocycles. The van der Waals surface area contributed by atoms with Gasteiger partial charge < -0.3 is 10.5 Å². The molecule has 3 rings (SSSR count). The average molecular weight is 369 g/mol. The average Bonchev–Trinajstić information content (AvgIpc) is 2.55. The third-order valence-corrected chi connectivity index (χ3v) is 6.41. The Labute approximate surface area is 148 Å². The highest BCUT2D eigenvalue weighted by atomic mass is 35.5. The lowest BCUT2D eigenvalue weighted by atomic mass is 10.1. The van der Waals surface area contributed by atoms with Gasteiger partial charge in [0.25, 0.3) is 0 Å². The van der Waals surface area contributed by atoms with Crippen molar-refractivity contribution in [2.24, 2.45) is 11.7 Å². The molecule has 130 valence electrons. The number of hydrogen-bond acceptors (Lipinski definition) is 5. The predicted octanol–water partition coefficient (Wildman–Crippen LogP) is 4.85. The quantitative estimate of drug-likeness (QED) is 0.719. The fourth-order valence-corrected chi connectivity index (χ4v) is 5.11. The van der Waals surface area contributed by atoms with Gasteiger partial charge >= 0.3 is 0 Å². The van der Waals surface area contributed by atoms with E-state index in [4.69, 9.17) is 22.1 Å². The molecular formula is C17H21ClN2O3S. The summed E-state index contributed by atoms with van der Waals surface area (Å²) < 4.78 is 29.6. The van der Waals surface area contributed by atoms with Gasteiger partial charge in [-0.2, -0.15) is 0 Å². The molecule has 0 amide bonds. The van der Waals surface area contributed by atoms with Crippen LogP contribution in [0.1, 0.15) is 13.3 Å². The zero-order valence-electron chi connectivity index (χ0n) is 13.3. The maximum Gasteiger partial charge on any atom is 0.209 e. The molecule has 0 bridgehead atoms. The molecule has 2 aromatic rings. The summed E-state index contributed by atoms with van der Waals surface area (Å²) in [5, 5.41) is 0.533. The van der Waals surface area contributed by atoms with Gasteiger partial charge in [-0.3, -0.25) is 9.11 Å². The lowest BCUT2D eigenvalue weighted by Gasteiger charge is -2.53. The second-order valence-electron chi connectivity index (χ2n) is 5.84. The van der Waals surface area contributed by atoms with Crippen molar-refractivity contribution in [2.75, 3.05) is 10.8 Å². The Morgan fingerprint density at radius 1 is 1.25 bits per heavy atom. The second kappa shape index (κ2) is 6.82. The van der Waals surface area contributed by atoms with E-state index in [0.29, 0.717) is 35.1 Å². The van der Waals surface area contributed by atoms with Crippen LogP contribution in [0.15, 0.2) is 48.5 Å². The third kappa shape index (κ3) is 3.08. The Balaban J connectivity index is 2.14. The fourth-order valence-electron chi connectivity index (χ4n) is 2.87. The van der Waals surface area contributed by atoms with Crippen LogP contribution < -0.4 is 14.8 Å². The molecule has 7 heteroatoms. The van der Waals surface area contributed by atoms with E-state index in [9.17, 15) is 9.11 Å². The van der Waals surface area contributed by atoms with Gasteiger partial charge in [-0.05, 0) is 37.2 Å². The van der Waals surface area contributed by atoms with Crippen LogP contribution in [0.4, 0.5) is 11.4 Å². The molecule has 1 heterocycles. The predicted molar refractivity (Wildman–Crippen MR) is 100 cm³/mol. The molecule has 0 aromatic heterocycles. The minimum atomic E-state index is -3.25. The Hall–Kier alpha value is -1.44. The first-order chi connectivity index (χ1) is 11.4. The lowest BCUT2D eigenvalue weighted by Crippen LogP contribution is -2.43. The van der Waals surface area contributed by atoms with Crippen molar-refractivity contribution in [1.82, 2.24) is 0 Å². The maximum absolute atomic E-state index is 11.0. The molecule has 4 N–H and O–H groups in total. The zero-order valence-corrected chi connectivity index (χ0v) is 14.9. The first kappa shape index (κ1) is 17.4. The summed E-state index contributed by atoms with van der Waals surface area (Å²) in [6.45, 7) is 2.36. The molecule has 2 unspecified atom stereocenters. The summed E-state index contributed by atoms with van der Waals surface area (Å²) in [5.74, 6) is 0.407. The molecule has 0 saturated heterocycles. The van der Waals surface area contributed by atoms with Crippen LogP contribution in [0, 0.1) is 5.92 Å². The van der Waals surface area contributed by atoms with Gasteiger partial charge in [0.05, 0.1) is 5.69 Å². The summed E-state index contributed by atoms with van der Waals surface area (Å²) in [7, 11) is -3.25. The summed E-state index contributed by atoms with van der Waals surface area (Å²) in [6.07, 6.45) is 0.624. The van der Waals surface area contributed by atoms with E-state index < -0.39 is 16.2 Å². The summed E-state index contributed by atoms with van der Waals surface area (Å²) in [6, 6.07) is 14.4. The zero-order chi connectivity index (χ0) is 17.3. The van der Waals surface area contributed by atoms with Crippen LogP contribution >= 0.6 is 22.4 Å². The van der Waals surface area contributed by atoms with E-state index in [2.05, 4.69) is 0 Å². The van der Waals surface area contributed by atoms with Crippen LogP contribution in [0.3, 0.4) is 0 Å². The Morgan fingerprint density at radius 3 is 2.62 bits per heavy atom. The van der Waals surface area contributed by atoms with Crippen molar-refractivity contribution in [3.8, 4) is 5.75 Å². The van der Waals surface area contributed by atoms with E-state index in [1.165, 1.54) is 0 Å². The molecule has 5 nitrogen and oxygen atoms in total. The first-order valence-electron chi connectivity index (χ1n) is 7.74. The van der Waals surface area contributed by atoms with Crippen molar-refractivity contribution in [2.45, 2.75) is 18.8 Å². The van der Waals surface area contributed by atoms with Crippen LogP contribution in [0.2, 0.25) is 5.02 Å². The van der Waals surface area contributed by atoms with Crippen LogP contribution in [0.5, 0.6) is 5.75 Å². The van der Waals surface area contributed by atoms with Crippen LogP contribution in [-0.4, -0.2) is 21.1 Å². The maximum atomic E-state index is 11.0. The number of para-hydroxylation sites is 1. The van der Waals surface area contributed by atoms with E-state index >= 15 is 0 Å². The number of halogens is 1. The van der Waals surface area contributed by atoms with Crippen molar-refractivity contribution >= 4 is 33.8 Å². The van der Waals surface area contributed by atoms with Crippen molar-refractivity contribution in [1.29, 1.82) is 0 Å². The highest BCUT2D eigenvalue weighted by Gasteiger charge is 2.43. The Kier molecular flexibility index (Phi) is 4.94. The molecule has 0 radical (unpaired) electrons. The van der Waals surface area contributed by atoms with Crippen molar-refractivity contribution < 1.29 is 13.8 Å². The molecular weight excluding hydrogens is 348 g/mol. The van der Waals surface area contributed by atoms with Gasteiger partial charge in [-0.15, -0.1) is 0 Å². The molecule has 1 aliphatic heterocycles. The molecule has 0 fully saturated rings. The van der Waals surface area contributed by atoms with Gasteiger partial charge in [0, 0.05) is 17.0 Å². The minimum absolute atomic E-state index is 0.127. The monoisotopic (exact) mass is 368 g/mol. The van der Waals surface area contributed by atoms with E-state index in [1.807, 2.05) is 37.3 Å². The number of hydrogen-bond donors (Lipinski definition) is 3. The van der Waals surface area contributed by atoms with E-state index in [1.54, 1.807) is 22.5 Å². The van der Waals surface area contributed by atoms with Gasteiger partial charge in [-0.1, -0.05) is 47.5 Å². The van der Waals surface area contributed by atoms with E-state index in [0.717, 1.165) is 0 Å². The molecule has 2 aromatic carbocycles. The van der Waals surface area contributed by atoms with Gasteiger partial charge in [0.1, 0.15) is 11.4 Å². The number of anilines is 2. The number of nitrogens with two attached hydrogens (primary N) is 1. The van der Waals surface area contributed by atoms with Crippen molar-refractivity contribution in [3.63, 3.8) is 0 Å². The number of rotatable bonds is 4. The highest BCUT2D eigenvalue weighted by Crippen LogP contribution is 2.62. The van der Waals surface area contributed by atoms with Crippen LogP contribution in [-0.2, 0) is 0 Å². The number of fused-ring (bicyclic) bond motifs is 1. The highest BCUT2D eigenvalue weighted by molar-refractivity contribution is 8.26. The number of ether oxygens (including phenoxy) is 1. The first-order valence-corrected chi connectivity index (χ1v) is 9.68. The second-order valence-corrected chi connectivity index (χ2v) is 8.23. The topological polar surface area (TPSA) is 79.0 Å². The van der Waals surface area contributed by atoms with Crippen molar-refractivity contribution in [3.05, 3.63) is 53.6 Å². The minimum Gasteiger partial charge on any atom is -0.466 e. The number of nitrogens with zero attached hydrogens (tertiary/aromatic N) is 1.